The van der Waals surface area contributed by atoms with Crippen LogP contribution in [0.5, 0.6) is 0 Å². The number of nitrogens with zero attached hydrogens (tertiary/aromatic N) is 1. The van der Waals surface area contributed by atoms with Gasteiger partial charge in [-0.3, -0.25) is 0 Å². The first kappa shape index (κ1) is 15.9. The summed E-state index contributed by atoms with van der Waals surface area (Å²) in [6.07, 6.45) is 11.0. The van der Waals surface area contributed by atoms with Crippen molar-refractivity contribution in [3.05, 3.63) is 24.3 Å². The van der Waals surface area contributed by atoms with Crippen LogP contribution in [0.25, 0.3) is 0 Å². The van der Waals surface area contributed by atoms with Crippen molar-refractivity contribution in [2.75, 3.05) is 0 Å². The van der Waals surface area contributed by atoms with Crippen molar-refractivity contribution in [1.82, 2.24) is 0 Å². The van der Waals surface area contributed by atoms with Crippen molar-refractivity contribution in [2.24, 2.45) is 40.4 Å². The van der Waals surface area contributed by atoms with Gasteiger partial charge in [0.05, 0.1) is 11.5 Å². The van der Waals surface area contributed by atoms with E-state index in [9.17, 15) is 5.26 Å². The summed E-state index contributed by atoms with van der Waals surface area (Å²) in [6, 6.07) is 2.72. The summed E-state index contributed by atoms with van der Waals surface area (Å²) in [5, 5.41) is 9.83. The summed E-state index contributed by atoms with van der Waals surface area (Å²) in [5.74, 6) is 3.65. The second-order valence-corrected chi connectivity index (χ2v) is 8.82. The van der Waals surface area contributed by atoms with Gasteiger partial charge in [-0.25, -0.2) is 0 Å². The summed E-state index contributed by atoms with van der Waals surface area (Å²) in [6.45, 7) is 13.3. The van der Waals surface area contributed by atoms with Crippen molar-refractivity contribution in [2.45, 2.75) is 59.8 Å². The molecule has 0 heterocycles. The zero-order valence-electron chi connectivity index (χ0n) is 14.7. The fraction of sp³-hybridized carbons (Fsp3) is 0.762. The van der Waals surface area contributed by atoms with Gasteiger partial charge in [-0.15, -0.1) is 0 Å². The summed E-state index contributed by atoms with van der Waals surface area (Å²) in [4.78, 5) is 0. The molecule has 1 heteroatoms. The highest BCUT2D eigenvalue weighted by Gasteiger charge is 2.62. The molecule has 0 saturated heterocycles. The lowest BCUT2D eigenvalue weighted by molar-refractivity contribution is -0.0448. The molecule has 22 heavy (non-hydrogen) atoms. The van der Waals surface area contributed by atoms with Crippen molar-refractivity contribution in [1.29, 1.82) is 5.26 Å². The Balaban J connectivity index is 2.07. The summed E-state index contributed by atoms with van der Waals surface area (Å²) < 4.78 is 0. The maximum Gasteiger partial charge on any atom is 0.0689 e. The van der Waals surface area contributed by atoms with E-state index in [1.807, 2.05) is 0 Å². The van der Waals surface area contributed by atoms with Crippen LogP contribution in [0.1, 0.15) is 59.8 Å². The number of hydrogen-bond acceptors (Lipinski definition) is 1. The number of allylic oxidation sites excluding steroid dienone is 3. The van der Waals surface area contributed by atoms with E-state index in [0.29, 0.717) is 17.3 Å². The molecule has 0 N–H and O–H groups in total. The van der Waals surface area contributed by atoms with E-state index in [4.69, 9.17) is 0 Å². The van der Waals surface area contributed by atoms with Crippen molar-refractivity contribution in [3.8, 4) is 6.07 Å². The molecule has 120 valence electrons. The van der Waals surface area contributed by atoms with E-state index >= 15 is 0 Å². The van der Waals surface area contributed by atoms with E-state index in [1.165, 1.54) is 25.7 Å². The molecule has 0 aromatic carbocycles. The van der Waals surface area contributed by atoms with Crippen LogP contribution in [0.2, 0.25) is 0 Å². The fourth-order valence-electron chi connectivity index (χ4n) is 6.29. The van der Waals surface area contributed by atoms with Gasteiger partial charge in [-0.1, -0.05) is 38.2 Å². The molecule has 3 saturated carbocycles. The summed E-state index contributed by atoms with van der Waals surface area (Å²) >= 11 is 0. The van der Waals surface area contributed by atoms with Crippen LogP contribution in [0, 0.1) is 51.8 Å². The van der Waals surface area contributed by atoms with Gasteiger partial charge < -0.3 is 0 Å². The smallest absolute Gasteiger partial charge is 0.0689 e. The average molecular weight is 297 g/mol. The van der Waals surface area contributed by atoms with Crippen LogP contribution < -0.4 is 0 Å². The van der Waals surface area contributed by atoms with Crippen LogP contribution in [-0.2, 0) is 0 Å². The van der Waals surface area contributed by atoms with E-state index < -0.39 is 0 Å². The highest BCUT2D eigenvalue weighted by Crippen LogP contribution is 2.68. The maximum atomic E-state index is 9.83. The quantitative estimate of drug-likeness (QED) is 0.596. The van der Waals surface area contributed by atoms with Gasteiger partial charge in [0, 0.05) is 0 Å². The lowest BCUT2D eigenvalue weighted by Crippen LogP contribution is -2.50. The van der Waals surface area contributed by atoms with Crippen LogP contribution in [-0.4, -0.2) is 0 Å². The van der Waals surface area contributed by atoms with E-state index in [0.717, 1.165) is 29.7 Å². The molecule has 0 aromatic rings. The molecule has 1 nitrogen and oxygen atoms in total. The molecule has 1 unspecified atom stereocenters. The first-order valence-corrected chi connectivity index (χ1v) is 9.10. The lowest BCUT2D eigenvalue weighted by atomic mass is 9.48. The van der Waals surface area contributed by atoms with Gasteiger partial charge in [0.25, 0.3) is 0 Å². The van der Waals surface area contributed by atoms with Gasteiger partial charge in [0.1, 0.15) is 0 Å². The van der Waals surface area contributed by atoms with E-state index in [2.05, 4.69) is 52.5 Å². The first-order chi connectivity index (χ1) is 10.3. The third-order valence-electron chi connectivity index (χ3n) is 7.50. The molecule has 0 amide bonds. The van der Waals surface area contributed by atoms with E-state index in [1.54, 1.807) is 0 Å². The van der Waals surface area contributed by atoms with Gasteiger partial charge in [0.15, 0.2) is 0 Å². The second-order valence-electron chi connectivity index (χ2n) is 8.82. The topological polar surface area (TPSA) is 23.8 Å². The minimum Gasteiger partial charge on any atom is -0.198 e. The van der Waals surface area contributed by atoms with Crippen LogP contribution in [0.15, 0.2) is 24.3 Å². The number of nitriles is 1. The second kappa shape index (κ2) is 5.26. The van der Waals surface area contributed by atoms with Crippen molar-refractivity contribution in [3.63, 3.8) is 0 Å². The third-order valence-corrected chi connectivity index (χ3v) is 7.50. The minimum atomic E-state index is -0.103. The highest BCUT2D eigenvalue weighted by atomic mass is 14.7. The molecular formula is C21H31N. The Bertz CT molecular complexity index is 539. The largest absolute Gasteiger partial charge is 0.198 e. The highest BCUT2D eigenvalue weighted by molar-refractivity contribution is 5.24. The molecule has 3 aliphatic carbocycles. The Kier molecular flexibility index (Phi) is 3.79. The molecule has 0 aromatic heterocycles. The molecule has 3 rings (SSSR count). The molecule has 0 spiro atoms. The Hall–Kier alpha value is -1.03. The van der Waals surface area contributed by atoms with Gasteiger partial charge in [-0.2, -0.15) is 5.26 Å². The van der Waals surface area contributed by atoms with Gasteiger partial charge in [0.2, 0.25) is 0 Å². The molecule has 3 aliphatic rings. The Labute approximate surface area is 136 Å². The Morgan fingerprint density at radius 1 is 1.27 bits per heavy atom. The van der Waals surface area contributed by atoms with E-state index in [-0.39, 0.29) is 5.41 Å². The summed E-state index contributed by atoms with van der Waals surface area (Å²) in [5.41, 5.74) is 1.36. The zero-order valence-corrected chi connectivity index (χ0v) is 14.7. The lowest BCUT2D eigenvalue weighted by Gasteiger charge is -2.55. The minimum absolute atomic E-state index is 0.103. The van der Waals surface area contributed by atoms with Crippen LogP contribution in [0.3, 0.4) is 0 Å². The van der Waals surface area contributed by atoms with Gasteiger partial charge in [-0.05, 0) is 81.0 Å². The van der Waals surface area contributed by atoms with Crippen molar-refractivity contribution < 1.29 is 0 Å². The normalized spacial score (nSPS) is 50.6. The van der Waals surface area contributed by atoms with Crippen molar-refractivity contribution >= 4 is 0 Å². The molecule has 3 fully saturated rings. The molecule has 0 radical (unpaired) electrons. The third kappa shape index (κ3) is 2.10. The maximum absolute atomic E-state index is 9.83. The molecule has 0 bridgehead atoms. The monoisotopic (exact) mass is 297 g/mol. The predicted molar refractivity (Wildman–Crippen MR) is 92.0 cm³/mol. The summed E-state index contributed by atoms with van der Waals surface area (Å²) in [7, 11) is 0. The van der Waals surface area contributed by atoms with Gasteiger partial charge >= 0.3 is 0 Å². The number of hydrogen-bond donors (Lipinski definition) is 0. The predicted octanol–water partition coefficient (Wildman–Crippen LogP) is 5.75. The standard InChI is InChI=1S/C21H31N/c1-14(2)8-11-21-12-15(3)17-9-10-20(5,13-22)18(19(17)21)7-6-16(21)4/h8,11,15-19H,1,6-7,9-10,12H2,2-5H3/b11-8+/t15-,16+,17?,18-,19+,20+,21-/m0/s1. The fourth-order valence-corrected chi connectivity index (χ4v) is 6.29. The molecule has 7 atom stereocenters. The Morgan fingerprint density at radius 2 is 2.00 bits per heavy atom. The number of rotatable bonds is 2. The van der Waals surface area contributed by atoms with Crippen LogP contribution >= 0.6 is 0 Å². The SMILES string of the molecule is C=C(C)/C=C/[C@]12C[C@H](C)C3CC[C@](C)(C#N)[C@@H](CC[C@H]1C)[C@@H]32. The average Bonchev–Trinajstić information content (AvgIpc) is 2.78. The first-order valence-electron chi connectivity index (χ1n) is 9.10. The Morgan fingerprint density at radius 3 is 2.64 bits per heavy atom. The zero-order chi connectivity index (χ0) is 16.1. The molecular weight excluding hydrogens is 266 g/mol. The molecule has 0 aliphatic heterocycles. The van der Waals surface area contributed by atoms with Crippen LogP contribution in [0.4, 0.5) is 0 Å².